The van der Waals surface area contributed by atoms with Gasteiger partial charge in [-0.2, -0.15) is 0 Å². The highest BCUT2D eigenvalue weighted by atomic mass is 32.1. The summed E-state index contributed by atoms with van der Waals surface area (Å²) in [6.45, 7) is 0. The SMILES string of the molecule is COc1cccc(NC(=S)Nc2ccc3snnc3c2)c1. The van der Waals surface area contributed by atoms with Crippen molar-refractivity contribution in [3.05, 3.63) is 42.5 Å². The van der Waals surface area contributed by atoms with E-state index < -0.39 is 0 Å². The molecule has 7 heteroatoms. The van der Waals surface area contributed by atoms with Gasteiger partial charge in [0.25, 0.3) is 0 Å². The summed E-state index contributed by atoms with van der Waals surface area (Å²) >= 11 is 6.67. The van der Waals surface area contributed by atoms with Crippen LogP contribution in [-0.2, 0) is 0 Å². The summed E-state index contributed by atoms with van der Waals surface area (Å²) in [5.41, 5.74) is 2.59. The zero-order chi connectivity index (χ0) is 14.7. The van der Waals surface area contributed by atoms with E-state index in [0.717, 1.165) is 27.3 Å². The number of nitrogens with zero attached hydrogens (tertiary/aromatic N) is 2. The Kier molecular flexibility index (Phi) is 3.94. The molecule has 0 radical (unpaired) electrons. The molecule has 0 aliphatic carbocycles. The van der Waals surface area contributed by atoms with Gasteiger partial charge in [0.1, 0.15) is 11.3 Å². The molecule has 0 fully saturated rings. The van der Waals surface area contributed by atoms with E-state index in [4.69, 9.17) is 17.0 Å². The fourth-order valence-electron chi connectivity index (χ4n) is 1.85. The molecule has 106 valence electrons. The monoisotopic (exact) mass is 316 g/mol. The molecule has 3 rings (SSSR count). The number of aromatic nitrogens is 2. The summed E-state index contributed by atoms with van der Waals surface area (Å²) in [7, 11) is 1.63. The van der Waals surface area contributed by atoms with Crippen molar-refractivity contribution >= 4 is 50.5 Å². The minimum atomic E-state index is 0.505. The molecule has 0 spiro atoms. The Morgan fingerprint density at radius 3 is 2.76 bits per heavy atom. The smallest absolute Gasteiger partial charge is 0.175 e. The quantitative estimate of drug-likeness (QED) is 0.721. The number of anilines is 2. The second-order valence-electron chi connectivity index (χ2n) is 4.27. The van der Waals surface area contributed by atoms with Gasteiger partial charge in [-0.25, -0.2) is 0 Å². The lowest BCUT2D eigenvalue weighted by Gasteiger charge is -2.11. The third-order valence-electron chi connectivity index (χ3n) is 2.83. The lowest BCUT2D eigenvalue weighted by molar-refractivity contribution is 0.415. The molecule has 1 heterocycles. The summed E-state index contributed by atoms with van der Waals surface area (Å²) in [6, 6.07) is 13.4. The van der Waals surface area contributed by atoms with Crippen LogP contribution < -0.4 is 15.4 Å². The summed E-state index contributed by atoms with van der Waals surface area (Å²) < 4.78 is 10.1. The molecule has 0 aliphatic heterocycles. The molecule has 0 amide bonds. The van der Waals surface area contributed by atoms with Crippen LogP contribution in [0.1, 0.15) is 0 Å². The summed E-state index contributed by atoms with van der Waals surface area (Å²) in [6.07, 6.45) is 0. The maximum Gasteiger partial charge on any atom is 0.175 e. The predicted molar refractivity (Wildman–Crippen MR) is 90.3 cm³/mol. The number of fused-ring (bicyclic) bond motifs is 1. The van der Waals surface area contributed by atoms with Gasteiger partial charge < -0.3 is 15.4 Å². The molecular weight excluding hydrogens is 304 g/mol. The van der Waals surface area contributed by atoms with Gasteiger partial charge in [0.15, 0.2) is 5.11 Å². The maximum atomic E-state index is 5.30. The molecule has 0 atom stereocenters. The molecule has 2 N–H and O–H groups in total. The number of nitrogens with one attached hydrogen (secondary N) is 2. The number of benzene rings is 2. The fraction of sp³-hybridized carbons (Fsp3) is 0.0714. The molecule has 5 nitrogen and oxygen atoms in total. The van der Waals surface area contributed by atoms with Crippen LogP contribution in [0.5, 0.6) is 5.75 Å². The Balaban J connectivity index is 1.70. The van der Waals surface area contributed by atoms with Crippen LogP contribution in [0, 0.1) is 0 Å². The Hall–Kier alpha value is -2.25. The standard InChI is InChI=1S/C14H12N4OS2/c1-19-11-4-2-3-9(7-11)15-14(20)16-10-5-6-13-12(8-10)17-18-21-13/h2-8H,1H3,(H2,15,16,20). The van der Waals surface area contributed by atoms with Crippen LogP contribution in [0.4, 0.5) is 11.4 Å². The van der Waals surface area contributed by atoms with E-state index in [1.54, 1.807) is 7.11 Å². The number of ether oxygens (including phenoxy) is 1. The third kappa shape index (κ3) is 3.26. The first-order valence-corrected chi connectivity index (χ1v) is 7.37. The van der Waals surface area contributed by atoms with Crippen molar-refractivity contribution in [2.45, 2.75) is 0 Å². The van der Waals surface area contributed by atoms with E-state index in [2.05, 4.69) is 20.2 Å². The van der Waals surface area contributed by atoms with Crippen LogP contribution in [0.25, 0.3) is 10.2 Å². The maximum absolute atomic E-state index is 5.30. The third-order valence-corrected chi connectivity index (χ3v) is 3.74. The molecular formula is C14H12N4OS2. The van der Waals surface area contributed by atoms with Crippen molar-refractivity contribution in [1.82, 2.24) is 9.59 Å². The first kappa shape index (κ1) is 13.7. The van der Waals surface area contributed by atoms with Gasteiger partial charge in [0.05, 0.1) is 11.8 Å². The molecule has 0 aliphatic rings. The van der Waals surface area contributed by atoms with Crippen LogP contribution >= 0.6 is 23.8 Å². The molecule has 3 aromatic rings. The van der Waals surface area contributed by atoms with Crippen molar-refractivity contribution in [3.8, 4) is 5.75 Å². The first-order valence-electron chi connectivity index (χ1n) is 6.19. The highest BCUT2D eigenvalue weighted by Crippen LogP contribution is 2.20. The van der Waals surface area contributed by atoms with E-state index in [1.165, 1.54) is 11.5 Å². The van der Waals surface area contributed by atoms with Gasteiger partial charge in [0.2, 0.25) is 0 Å². The van der Waals surface area contributed by atoms with Crippen LogP contribution in [-0.4, -0.2) is 21.8 Å². The van der Waals surface area contributed by atoms with Crippen molar-refractivity contribution in [2.75, 3.05) is 17.7 Å². The van der Waals surface area contributed by atoms with Crippen LogP contribution in [0.15, 0.2) is 42.5 Å². The van der Waals surface area contributed by atoms with E-state index in [9.17, 15) is 0 Å². The molecule has 1 aromatic heterocycles. The zero-order valence-corrected chi connectivity index (χ0v) is 12.8. The summed E-state index contributed by atoms with van der Waals surface area (Å²) in [4.78, 5) is 0. The second kappa shape index (κ2) is 6.02. The number of methoxy groups -OCH3 is 1. The largest absolute Gasteiger partial charge is 0.497 e. The van der Waals surface area contributed by atoms with Crippen molar-refractivity contribution in [3.63, 3.8) is 0 Å². The number of hydrogen-bond donors (Lipinski definition) is 2. The van der Waals surface area contributed by atoms with Gasteiger partial charge in [-0.15, -0.1) is 5.10 Å². The predicted octanol–water partition coefficient (Wildman–Crippen LogP) is 3.51. The molecule has 0 saturated carbocycles. The minimum Gasteiger partial charge on any atom is -0.497 e. The normalized spacial score (nSPS) is 10.3. The second-order valence-corrected chi connectivity index (χ2v) is 5.46. The van der Waals surface area contributed by atoms with Crippen molar-refractivity contribution < 1.29 is 4.74 Å². The Morgan fingerprint density at radius 2 is 1.95 bits per heavy atom. The van der Waals surface area contributed by atoms with E-state index >= 15 is 0 Å². The summed E-state index contributed by atoms with van der Waals surface area (Å²) in [5, 5.41) is 10.8. The molecule has 2 aromatic carbocycles. The Labute approximate surface area is 131 Å². The highest BCUT2D eigenvalue weighted by Gasteiger charge is 2.03. The average Bonchev–Trinajstić information content (AvgIpc) is 2.95. The Morgan fingerprint density at radius 1 is 1.14 bits per heavy atom. The van der Waals surface area contributed by atoms with Crippen LogP contribution in [0.2, 0.25) is 0 Å². The zero-order valence-electron chi connectivity index (χ0n) is 11.2. The number of hydrogen-bond acceptors (Lipinski definition) is 5. The first-order chi connectivity index (χ1) is 10.2. The lowest BCUT2D eigenvalue weighted by atomic mass is 10.3. The van der Waals surface area contributed by atoms with E-state index in [-0.39, 0.29) is 0 Å². The minimum absolute atomic E-state index is 0.505. The topological polar surface area (TPSA) is 59.1 Å². The molecule has 0 bridgehead atoms. The van der Waals surface area contributed by atoms with Crippen molar-refractivity contribution in [1.29, 1.82) is 0 Å². The van der Waals surface area contributed by atoms with Gasteiger partial charge in [-0.3, -0.25) is 0 Å². The highest BCUT2D eigenvalue weighted by molar-refractivity contribution is 7.80. The molecule has 0 saturated heterocycles. The lowest BCUT2D eigenvalue weighted by Crippen LogP contribution is -2.18. The van der Waals surface area contributed by atoms with Gasteiger partial charge in [0, 0.05) is 17.4 Å². The van der Waals surface area contributed by atoms with Gasteiger partial charge in [-0.05, 0) is 54.1 Å². The number of rotatable bonds is 3. The molecule has 21 heavy (non-hydrogen) atoms. The van der Waals surface area contributed by atoms with Gasteiger partial charge in [-0.1, -0.05) is 10.6 Å². The fourth-order valence-corrected chi connectivity index (χ4v) is 2.63. The van der Waals surface area contributed by atoms with E-state index in [1.807, 2.05) is 42.5 Å². The van der Waals surface area contributed by atoms with Crippen molar-refractivity contribution in [2.24, 2.45) is 0 Å². The molecule has 0 unspecified atom stereocenters. The van der Waals surface area contributed by atoms with Crippen LogP contribution in [0.3, 0.4) is 0 Å². The van der Waals surface area contributed by atoms with Gasteiger partial charge >= 0.3 is 0 Å². The van der Waals surface area contributed by atoms with E-state index in [0.29, 0.717) is 5.11 Å². The summed E-state index contributed by atoms with van der Waals surface area (Å²) in [5.74, 6) is 0.776. The average molecular weight is 316 g/mol. The number of thiocarbonyl (C=S) groups is 1. The Bertz CT molecular complexity index is 787.